The highest BCUT2D eigenvalue weighted by Gasteiger charge is 2.30. The first-order chi connectivity index (χ1) is 17.7. The van der Waals surface area contributed by atoms with Gasteiger partial charge >= 0.3 is 0 Å². The maximum Gasteiger partial charge on any atom is 0.232 e. The lowest BCUT2D eigenvalue weighted by Gasteiger charge is -2.29. The van der Waals surface area contributed by atoms with E-state index in [0.717, 1.165) is 53.8 Å². The van der Waals surface area contributed by atoms with Crippen LogP contribution in [-0.2, 0) is 6.54 Å². The van der Waals surface area contributed by atoms with Crippen molar-refractivity contribution in [3.05, 3.63) is 60.2 Å². The summed E-state index contributed by atoms with van der Waals surface area (Å²) < 4.78 is 17.1. The maximum atomic E-state index is 10.9. The number of piperidine rings is 1. The summed E-state index contributed by atoms with van der Waals surface area (Å²) in [6.07, 6.45) is 5.51. The molecule has 7 nitrogen and oxygen atoms in total. The van der Waals surface area contributed by atoms with Crippen LogP contribution in [0.3, 0.4) is 0 Å². The molecule has 7 heteroatoms. The van der Waals surface area contributed by atoms with Crippen molar-refractivity contribution in [2.24, 2.45) is 5.92 Å². The van der Waals surface area contributed by atoms with Gasteiger partial charge in [0.2, 0.25) is 5.88 Å². The number of ether oxygens (including phenoxy) is 2. The SMILES string of the molecule is COc1ccc(OCC(O)CN(Cc2c(-c3ccccc3)noc2N2CCCCC2)CC2CC2)cc1. The minimum absolute atomic E-state index is 0.238. The zero-order valence-corrected chi connectivity index (χ0v) is 21.1. The number of aromatic nitrogens is 1. The molecule has 0 amide bonds. The molecule has 0 radical (unpaired) electrons. The standard InChI is InChI=1S/C29H37N3O4/c1-34-25-12-14-26(15-13-25)35-21-24(33)19-31(18-22-10-11-22)20-27-28(23-8-4-2-5-9-23)30-36-29(27)32-16-6-3-7-17-32/h2,4-5,8-9,12-15,22,24,33H,3,6-7,10-11,16-21H2,1H3. The Morgan fingerprint density at radius 2 is 1.75 bits per heavy atom. The van der Waals surface area contributed by atoms with Gasteiger partial charge < -0.3 is 24.0 Å². The Labute approximate surface area is 213 Å². The molecule has 1 aromatic heterocycles. The second-order valence-corrected chi connectivity index (χ2v) is 10.0. The van der Waals surface area contributed by atoms with E-state index in [1.54, 1.807) is 7.11 Å². The van der Waals surface area contributed by atoms with Crippen molar-refractivity contribution >= 4 is 5.88 Å². The van der Waals surface area contributed by atoms with E-state index in [0.29, 0.717) is 19.0 Å². The van der Waals surface area contributed by atoms with Gasteiger partial charge in [-0.3, -0.25) is 4.90 Å². The van der Waals surface area contributed by atoms with E-state index >= 15 is 0 Å². The van der Waals surface area contributed by atoms with Crippen molar-refractivity contribution in [2.45, 2.75) is 44.8 Å². The lowest BCUT2D eigenvalue weighted by molar-refractivity contribution is 0.0639. The van der Waals surface area contributed by atoms with Crippen LogP contribution >= 0.6 is 0 Å². The number of nitrogens with zero attached hydrogens (tertiary/aromatic N) is 3. The molecule has 36 heavy (non-hydrogen) atoms. The van der Waals surface area contributed by atoms with Gasteiger partial charge in [0.25, 0.3) is 0 Å². The van der Waals surface area contributed by atoms with Crippen LogP contribution in [0.4, 0.5) is 5.88 Å². The molecule has 2 fully saturated rings. The van der Waals surface area contributed by atoms with Gasteiger partial charge in [0.15, 0.2) is 0 Å². The van der Waals surface area contributed by atoms with Crippen LogP contribution in [0.2, 0.25) is 0 Å². The molecule has 1 saturated heterocycles. The van der Waals surface area contributed by atoms with Gasteiger partial charge in [-0.25, -0.2) is 0 Å². The van der Waals surface area contributed by atoms with Gasteiger partial charge in [0, 0.05) is 38.3 Å². The van der Waals surface area contributed by atoms with E-state index < -0.39 is 6.10 Å². The fourth-order valence-electron chi connectivity index (χ4n) is 4.92. The zero-order chi connectivity index (χ0) is 24.7. The molecule has 1 unspecified atom stereocenters. The number of hydrogen-bond acceptors (Lipinski definition) is 7. The first-order valence-electron chi connectivity index (χ1n) is 13.2. The lowest BCUT2D eigenvalue weighted by atomic mass is 10.1. The molecule has 0 spiro atoms. The van der Waals surface area contributed by atoms with E-state index in [4.69, 9.17) is 14.0 Å². The average Bonchev–Trinajstić information content (AvgIpc) is 3.65. The highest BCUT2D eigenvalue weighted by molar-refractivity contribution is 5.68. The third kappa shape index (κ3) is 6.39. The van der Waals surface area contributed by atoms with Crippen LogP contribution in [0.1, 0.15) is 37.7 Å². The van der Waals surface area contributed by atoms with E-state index in [2.05, 4.69) is 27.1 Å². The lowest BCUT2D eigenvalue weighted by Crippen LogP contribution is -2.37. The average molecular weight is 492 g/mol. The Hall–Kier alpha value is -3.03. The largest absolute Gasteiger partial charge is 0.497 e. The molecule has 2 aromatic carbocycles. The number of benzene rings is 2. The summed E-state index contributed by atoms with van der Waals surface area (Å²) in [6, 6.07) is 17.7. The number of aliphatic hydroxyl groups excluding tert-OH is 1. The molecule has 2 heterocycles. The number of hydrogen-bond donors (Lipinski definition) is 1. The summed E-state index contributed by atoms with van der Waals surface area (Å²) in [5.74, 6) is 3.09. The summed E-state index contributed by atoms with van der Waals surface area (Å²) in [7, 11) is 1.64. The molecule has 0 bridgehead atoms. The number of anilines is 1. The van der Waals surface area contributed by atoms with Crippen molar-refractivity contribution in [3.8, 4) is 22.8 Å². The van der Waals surface area contributed by atoms with Gasteiger partial charge in [-0.2, -0.15) is 0 Å². The molecular formula is C29H37N3O4. The van der Waals surface area contributed by atoms with Gasteiger partial charge in [-0.1, -0.05) is 35.5 Å². The molecule has 5 rings (SSSR count). The number of aliphatic hydroxyl groups is 1. The van der Waals surface area contributed by atoms with Crippen LogP contribution in [0.5, 0.6) is 11.5 Å². The monoisotopic (exact) mass is 491 g/mol. The molecule has 1 saturated carbocycles. The van der Waals surface area contributed by atoms with E-state index in [1.807, 2.05) is 42.5 Å². The first-order valence-corrected chi connectivity index (χ1v) is 13.2. The van der Waals surface area contributed by atoms with Crippen molar-refractivity contribution < 1.29 is 19.1 Å². The fourth-order valence-corrected chi connectivity index (χ4v) is 4.92. The van der Waals surface area contributed by atoms with Gasteiger partial charge in [-0.05, 0) is 62.3 Å². The smallest absolute Gasteiger partial charge is 0.232 e. The fraction of sp³-hybridized carbons (Fsp3) is 0.483. The van der Waals surface area contributed by atoms with Crippen LogP contribution in [0.25, 0.3) is 11.3 Å². The van der Waals surface area contributed by atoms with Crippen molar-refractivity contribution in [1.82, 2.24) is 10.1 Å². The van der Waals surface area contributed by atoms with Crippen LogP contribution in [0, 0.1) is 5.92 Å². The van der Waals surface area contributed by atoms with E-state index in [9.17, 15) is 5.11 Å². The third-order valence-corrected chi connectivity index (χ3v) is 7.02. The van der Waals surface area contributed by atoms with Crippen LogP contribution in [-0.4, -0.2) is 61.2 Å². The summed E-state index contributed by atoms with van der Waals surface area (Å²) >= 11 is 0. The van der Waals surface area contributed by atoms with Gasteiger partial charge in [0.1, 0.15) is 29.9 Å². The van der Waals surface area contributed by atoms with Crippen LogP contribution < -0.4 is 14.4 Å². The summed E-state index contributed by atoms with van der Waals surface area (Å²) in [4.78, 5) is 4.70. The van der Waals surface area contributed by atoms with Crippen molar-refractivity contribution in [1.29, 1.82) is 0 Å². The molecule has 1 atom stereocenters. The summed E-state index contributed by atoms with van der Waals surface area (Å²) in [6.45, 7) is 4.41. The number of rotatable bonds is 12. The predicted octanol–water partition coefficient (Wildman–Crippen LogP) is 4.99. The van der Waals surface area contributed by atoms with E-state index in [1.165, 1.54) is 32.1 Å². The molecule has 192 valence electrons. The summed E-state index contributed by atoms with van der Waals surface area (Å²) in [5.41, 5.74) is 3.09. The Balaban J connectivity index is 1.31. The molecular weight excluding hydrogens is 454 g/mol. The zero-order valence-electron chi connectivity index (χ0n) is 21.1. The quantitative estimate of drug-likeness (QED) is 0.383. The predicted molar refractivity (Wildman–Crippen MR) is 140 cm³/mol. The third-order valence-electron chi connectivity index (χ3n) is 7.02. The van der Waals surface area contributed by atoms with Gasteiger partial charge in [0.05, 0.1) is 12.7 Å². The molecule has 1 aliphatic heterocycles. The molecule has 3 aromatic rings. The Kier molecular flexibility index (Phi) is 8.08. The highest BCUT2D eigenvalue weighted by atomic mass is 16.5. The Morgan fingerprint density at radius 1 is 1.03 bits per heavy atom. The minimum Gasteiger partial charge on any atom is -0.497 e. The second kappa shape index (κ2) is 11.8. The minimum atomic E-state index is -0.607. The maximum absolute atomic E-state index is 10.9. The normalized spacial score (nSPS) is 16.8. The van der Waals surface area contributed by atoms with Crippen molar-refractivity contribution in [2.75, 3.05) is 44.8 Å². The Morgan fingerprint density at radius 3 is 2.44 bits per heavy atom. The second-order valence-electron chi connectivity index (χ2n) is 10.0. The van der Waals surface area contributed by atoms with Crippen LogP contribution in [0.15, 0.2) is 59.1 Å². The molecule has 2 aliphatic rings. The van der Waals surface area contributed by atoms with Gasteiger partial charge in [-0.15, -0.1) is 0 Å². The molecule has 1 aliphatic carbocycles. The number of methoxy groups -OCH3 is 1. The molecule has 1 N–H and O–H groups in total. The van der Waals surface area contributed by atoms with Crippen molar-refractivity contribution in [3.63, 3.8) is 0 Å². The topological polar surface area (TPSA) is 71.2 Å². The first kappa shape index (κ1) is 24.7. The Bertz CT molecular complexity index is 1080. The van der Waals surface area contributed by atoms with E-state index in [-0.39, 0.29) is 6.61 Å². The summed E-state index contributed by atoms with van der Waals surface area (Å²) in [5, 5.41) is 15.4. The highest BCUT2D eigenvalue weighted by Crippen LogP contribution is 2.36.